The molecule has 0 aromatic rings. The summed E-state index contributed by atoms with van der Waals surface area (Å²) in [6.07, 6.45) is -1.25. The van der Waals surface area contributed by atoms with Crippen LogP contribution in [0.25, 0.3) is 0 Å². The molecule has 0 aromatic carbocycles. The number of rotatable bonds is 15. The molecular weight excluding hydrogens is 792 g/mol. The molecule has 0 amide bonds. The highest BCUT2D eigenvalue weighted by atomic mass is 16.7. The standard InChI is InChI=1S/C45H76N2O14/c1-13-20-46-21-19-32-23-27(4)33(49)18-16-14-15-17-28(5)55-36(51)24-34(58-31(8)48)42(54-12)41(32)61-44-39(52)38(47(10)11)40(29(6)57-44)60-37-25-45(9,53)43(30(7)56-37)59-35(50)22-26(2)3/h13-16,18,26-30,32-34,37-44,46,49,52-53H,1,17,19-25H2,2-12H3/b15-14+,18-16+/t27-,28-,29-,30+,32+,33+,34-,37+,38-,39-,40-,41+,42?,43+,44+,45-/m1/s1. The van der Waals surface area contributed by atoms with Crippen molar-refractivity contribution < 1.29 is 67.6 Å². The van der Waals surface area contributed by atoms with Gasteiger partial charge in [0.25, 0.3) is 0 Å². The number of nitrogens with zero attached hydrogens (tertiary/aromatic N) is 1. The second-order valence-corrected chi connectivity index (χ2v) is 17.8. The van der Waals surface area contributed by atoms with Crippen LogP contribution in [-0.4, -0.2) is 158 Å². The molecule has 0 aliphatic carbocycles. The third-order valence-electron chi connectivity index (χ3n) is 11.5. The molecule has 61 heavy (non-hydrogen) atoms. The van der Waals surface area contributed by atoms with Crippen LogP contribution in [0.4, 0.5) is 0 Å². The van der Waals surface area contributed by atoms with Crippen molar-refractivity contribution in [3.8, 4) is 0 Å². The molecule has 4 N–H and O–H groups in total. The van der Waals surface area contributed by atoms with Crippen LogP contribution < -0.4 is 5.32 Å². The van der Waals surface area contributed by atoms with E-state index >= 15 is 0 Å². The van der Waals surface area contributed by atoms with Gasteiger partial charge < -0.3 is 63.4 Å². The molecule has 2 saturated heterocycles. The van der Waals surface area contributed by atoms with Crippen molar-refractivity contribution in [1.82, 2.24) is 10.2 Å². The lowest BCUT2D eigenvalue weighted by molar-refractivity contribution is -0.344. The van der Waals surface area contributed by atoms with Crippen molar-refractivity contribution in [2.24, 2.45) is 17.8 Å². The van der Waals surface area contributed by atoms with Crippen LogP contribution in [0.3, 0.4) is 0 Å². The first-order chi connectivity index (χ1) is 28.7. The van der Waals surface area contributed by atoms with Gasteiger partial charge in [-0.3, -0.25) is 14.4 Å². The van der Waals surface area contributed by atoms with Gasteiger partial charge in [-0.05, 0) is 78.9 Å². The van der Waals surface area contributed by atoms with E-state index in [0.29, 0.717) is 32.4 Å². The highest BCUT2D eigenvalue weighted by molar-refractivity contribution is 5.72. The van der Waals surface area contributed by atoms with Crippen molar-refractivity contribution in [2.75, 3.05) is 34.3 Å². The zero-order chi connectivity index (χ0) is 45.6. The largest absolute Gasteiger partial charge is 0.462 e. The van der Waals surface area contributed by atoms with E-state index in [1.54, 1.807) is 71.0 Å². The quantitative estimate of drug-likeness (QED) is 0.0805. The van der Waals surface area contributed by atoms with E-state index in [2.05, 4.69) is 11.9 Å². The summed E-state index contributed by atoms with van der Waals surface area (Å²) < 4.78 is 49.4. The van der Waals surface area contributed by atoms with Crippen molar-refractivity contribution in [2.45, 2.75) is 179 Å². The molecule has 1 unspecified atom stereocenters. The van der Waals surface area contributed by atoms with Crippen LogP contribution in [0, 0.1) is 17.8 Å². The van der Waals surface area contributed by atoms with Gasteiger partial charge in [-0.2, -0.15) is 0 Å². The number of ether oxygens (including phenoxy) is 8. The van der Waals surface area contributed by atoms with Crippen LogP contribution in [0.2, 0.25) is 0 Å². The third kappa shape index (κ3) is 16.1. The summed E-state index contributed by atoms with van der Waals surface area (Å²) in [5.74, 6) is -2.30. The van der Waals surface area contributed by atoms with E-state index in [4.69, 9.17) is 37.9 Å². The summed E-state index contributed by atoms with van der Waals surface area (Å²) >= 11 is 0. The van der Waals surface area contributed by atoms with Crippen molar-refractivity contribution in [3.63, 3.8) is 0 Å². The van der Waals surface area contributed by atoms with E-state index in [1.807, 2.05) is 26.8 Å². The summed E-state index contributed by atoms with van der Waals surface area (Å²) in [7, 11) is 5.01. The summed E-state index contributed by atoms with van der Waals surface area (Å²) in [5.41, 5.74) is -1.49. The van der Waals surface area contributed by atoms with Gasteiger partial charge in [0.1, 0.15) is 36.1 Å². The number of likely N-dealkylation sites (N-methyl/N-ethyl adjacent to an activating group) is 1. The zero-order valence-electron chi connectivity index (χ0n) is 38.3. The Bertz CT molecular complexity index is 1440. The number of aliphatic hydroxyl groups is 3. The first-order valence-corrected chi connectivity index (χ1v) is 21.8. The Balaban J connectivity index is 2.02. The summed E-state index contributed by atoms with van der Waals surface area (Å²) in [6.45, 7) is 18.7. The predicted octanol–water partition coefficient (Wildman–Crippen LogP) is 3.59. The molecule has 350 valence electrons. The highest BCUT2D eigenvalue weighted by Crippen LogP contribution is 2.38. The molecule has 3 heterocycles. The average Bonchev–Trinajstić information content (AvgIpc) is 3.14. The number of methoxy groups -OCH3 is 1. The minimum atomic E-state index is -1.49. The topological polar surface area (TPSA) is 201 Å². The van der Waals surface area contributed by atoms with Gasteiger partial charge in [0.15, 0.2) is 18.7 Å². The molecule has 16 nitrogen and oxygen atoms in total. The van der Waals surface area contributed by atoms with Crippen LogP contribution in [0.1, 0.15) is 93.9 Å². The Morgan fingerprint density at radius 1 is 1.05 bits per heavy atom. The minimum Gasteiger partial charge on any atom is -0.462 e. The number of esters is 3. The molecule has 0 saturated carbocycles. The van der Waals surface area contributed by atoms with Crippen molar-refractivity contribution >= 4 is 17.9 Å². The highest BCUT2D eigenvalue weighted by Gasteiger charge is 2.53. The Morgan fingerprint density at radius 3 is 2.36 bits per heavy atom. The SMILES string of the molecule is C=CCNCC[C@H]1C[C@@H](C)[C@@H](O)/C=C/C=C/C[C@@H](C)OC(=O)C[C@@H](OC(C)=O)C(OC)[C@H]1O[C@@H]1O[C@H](C)[C@@H](O[C@H]2C[C@@](C)(O)[C@@H](OC(=O)CC(C)C)[C@H](C)O2)[C@H](N(C)C)[C@H]1O. The molecule has 16 heteroatoms. The third-order valence-corrected chi connectivity index (χ3v) is 11.5. The number of aliphatic hydroxyl groups excluding tert-OH is 2. The van der Waals surface area contributed by atoms with Crippen LogP contribution >= 0.6 is 0 Å². The number of cyclic esters (lactones) is 1. The normalized spacial score (nSPS) is 39.3. The monoisotopic (exact) mass is 869 g/mol. The lowest BCUT2D eigenvalue weighted by atomic mass is 9.82. The van der Waals surface area contributed by atoms with Gasteiger partial charge in [0, 0.05) is 39.8 Å². The fourth-order valence-electron chi connectivity index (χ4n) is 8.50. The summed E-state index contributed by atoms with van der Waals surface area (Å²) in [5, 5.41) is 38.4. The van der Waals surface area contributed by atoms with E-state index in [0.717, 1.165) is 0 Å². The predicted molar refractivity (Wildman–Crippen MR) is 227 cm³/mol. The molecule has 3 aliphatic rings. The van der Waals surface area contributed by atoms with Crippen LogP contribution in [-0.2, 0) is 52.3 Å². The Labute approximate surface area is 363 Å². The van der Waals surface area contributed by atoms with E-state index in [9.17, 15) is 29.7 Å². The van der Waals surface area contributed by atoms with Crippen molar-refractivity contribution in [1.29, 1.82) is 0 Å². The number of carbonyl (C=O) groups is 3. The number of hydrogen-bond donors (Lipinski definition) is 4. The first-order valence-electron chi connectivity index (χ1n) is 21.8. The molecule has 0 spiro atoms. The van der Waals surface area contributed by atoms with E-state index < -0.39 is 109 Å². The van der Waals surface area contributed by atoms with E-state index in [-0.39, 0.29) is 31.1 Å². The van der Waals surface area contributed by atoms with Gasteiger partial charge in [0.2, 0.25) is 0 Å². The smallest absolute Gasteiger partial charge is 0.309 e. The van der Waals surface area contributed by atoms with Gasteiger partial charge in [-0.25, -0.2) is 0 Å². The first kappa shape index (κ1) is 52.6. The molecule has 0 aromatic heterocycles. The second kappa shape index (κ2) is 24.9. The minimum absolute atomic E-state index is 0.0240. The Morgan fingerprint density at radius 2 is 1.75 bits per heavy atom. The van der Waals surface area contributed by atoms with Gasteiger partial charge >= 0.3 is 17.9 Å². The maximum Gasteiger partial charge on any atom is 0.309 e. The summed E-state index contributed by atoms with van der Waals surface area (Å²) in [6, 6.07) is -0.737. The Hall–Kier alpha value is -2.77. The number of carbonyl (C=O) groups excluding carboxylic acids is 3. The zero-order valence-corrected chi connectivity index (χ0v) is 38.3. The lowest BCUT2D eigenvalue weighted by Gasteiger charge is -2.50. The maximum absolute atomic E-state index is 13.4. The molecule has 2 fully saturated rings. The maximum atomic E-state index is 13.4. The molecule has 0 bridgehead atoms. The number of allylic oxidation sites excluding steroid dienone is 2. The lowest BCUT2D eigenvalue weighted by Crippen LogP contribution is -2.66. The number of nitrogens with one attached hydrogen (secondary N) is 1. The van der Waals surface area contributed by atoms with Gasteiger partial charge in [0.05, 0.1) is 36.9 Å². The van der Waals surface area contributed by atoms with E-state index in [1.165, 1.54) is 14.0 Å². The van der Waals surface area contributed by atoms with Crippen LogP contribution in [0.15, 0.2) is 37.0 Å². The fourth-order valence-corrected chi connectivity index (χ4v) is 8.50. The van der Waals surface area contributed by atoms with Gasteiger partial charge in [-0.1, -0.05) is 51.2 Å². The molecule has 0 radical (unpaired) electrons. The Kier molecular flexibility index (Phi) is 21.5. The molecule has 3 rings (SSSR count). The summed E-state index contributed by atoms with van der Waals surface area (Å²) in [4.78, 5) is 40.4. The van der Waals surface area contributed by atoms with Crippen LogP contribution in [0.5, 0.6) is 0 Å². The average molecular weight is 869 g/mol. The fraction of sp³-hybridized carbons (Fsp3) is 0.800. The van der Waals surface area contributed by atoms with Crippen molar-refractivity contribution in [3.05, 3.63) is 37.0 Å². The molecule has 3 aliphatic heterocycles. The molecule has 16 atom stereocenters. The molecular formula is C45H76N2O14. The second-order valence-electron chi connectivity index (χ2n) is 17.8. The number of hydrogen-bond acceptors (Lipinski definition) is 16. The van der Waals surface area contributed by atoms with Gasteiger partial charge in [-0.15, -0.1) is 6.58 Å².